The summed E-state index contributed by atoms with van der Waals surface area (Å²) in [5.41, 5.74) is 1.04. The maximum Gasteiger partial charge on any atom is 0.0964 e. The van der Waals surface area contributed by atoms with Crippen LogP contribution < -0.4 is 5.32 Å². The van der Waals surface area contributed by atoms with Crippen LogP contribution in [0.15, 0.2) is 6.20 Å². The quantitative estimate of drug-likeness (QED) is 0.718. The number of nitrogens with one attached hydrogen (secondary N) is 1. The Hall–Kier alpha value is -0.940. The summed E-state index contributed by atoms with van der Waals surface area (Å²) in [6.45, 7) is 12.9. The fourth-order valence-corrected chi connectivity index (χ4v) is 2.68. The van der Waals surface area contributed by atoms with E-state index in [1.807, 2.05) is 4.68 Å². The molecular weight excluding hydrogens is 262 g/mol. The minimum atomic E-state index is 0.671. The molecule has 1 aliphatic carbocycles. The molecule has 5 nitrogen and oxygen atoms in total. The molecule has 0 bridgehead atoms. The predicted octanol–water partition coefficient (Wildman–Crippen LogP) is 2.15. The Morgan fingerprint density at radius 2 is 2.24 bits per heavy atom. The van der Waals surface area contributed by atoms with Crippen LogP contribution in [0.1, 0.15) is 45.7 Å². The summed E-state index contributed by atoms with van der Waals surface area (Å²) in [7, 11) is 0. The van der Waals surface area contributed by atoms with Crippen molar-refractivity contribution in [3.8, 4) is 0 Å². The van der Waals surface area contributed by atoms with Crippen LogP contribution in [0.25, 0.3) is 0 Å². The first-order valence-electron chi connectivity index (χ1n) is 8.49. The second kappa shape index (κ2) is 8.49. The molecule has 1 N–H and O–H groups in total. The number of hydrogen-bond donors (Lipinski definition) is 1. The van der Waals surface area contributed by atoms with Gasteiger partial charge in [-0.2, -0.15) is 0 Å². The van der Waals surface area contributed by atoms with Crippen LogP contribution in [0.2, 0.25) is 0 Å². The van der Waals surface area contributed by atoms with Crippen molar-refractivity contribution in [1.29, 1.82) is 0 Å². The number of aromatic nitrogens is 3. The van der Waals surface area contributed by atoms with Crippen molar-refractivity contribution >= 4 is 0 Å². The van der Waals surface area contributed by atoms with E-state index < -0.39 is 0 Å². The second-order valence-electron chi connectivity index (χ2n) is 6.69. The molecule has 0 radical (unpaired) electrons. The third kappa shape index (κ3) is 5.75. The Balaban J connectivity index is 1.68. The van der Waals surface area contributed by atoms with Crippen LogP contribution >= 0.6 is 0 Å². The minimum absolute atomic E-state index is 0.671. The summed E-state index contributed by atoms with van der Waals surface area (Å²) >= 11 is 0. The number of likely N-dealkylation sites (N-methyl/N-ethyl adjacent to an activating group) is 1. The topological polar surface area (TPSA) is 46.0 Å². The van der Waals surface area contributed by atoms with E-state index in [0.29, 0.717) is 5.92 Å². The van der Waals surface area contributed by atoms with Crippen LogP contribution in [0.5, 0.6) is 0 Å². The third-order valence-electron chi connectivity index (χ3n) is 4.28. The molecular formula is C16H31N5. The van der Waals surface area contributed by atoms with Crippen molar-refractivity contribution in [3.63, 3.8) is 0 Å². The number of nitrogens with zero attached hydrogens (tertiary/aromatic N) is 4. The fourth-order valence-electron chi connectivity index (χ4n) is 2.68. The molecule has 2 rings (SSSR count). The van der Waals surface area contributed by atoms with E-state index >= 15 is 0 Å². The normalized spacial score (nSPS) is 15.9. The molecule has 0 saturated heterocycles. The van der Waals surface area contributed by atoms with Gasteiger partial charge in [-0.3, -0.25) is 4.68 Å². The van der Waals surface area contributed by atoms with E-state index in [-0.39, 0.29) is 0 Å². The zero-order valence-corrected chi connectivity index (χ0v) is 13.9. The van der Waals surface area contributed by atoms with E-state index in [4.69, 9.17) is 0 Å². The SMILES string of the molecule is CCN(CCn1cc(CNCC(C)C)nn1)CC1CCC1. The Kier molecular flexibility index (Phi) is 6.64. The van der Waals surface area contributed by atoms with E-state index in [2.05, 4.69) is 47.5 Å². The van der Waals surface area contributed by atoms with Gasteiger partial charge in [0, 0.05) is 25.8 Å². The molecule has 5 heteroatoms. The molecule has 120 valence electrons. The zero-order valence-electron chi connectivity index (χ0n) is 13.9. The average Bonchev–Trinajstić information content (AvgIpc) is 2.84. The summed E-state index contributed by atoms with van der Waals surface area (Å²) < 4.78 is 1.98. The lowest BCUT2D eigenvalue weighted by atomic mass is 9.85. The molecule has 1 aromatic rings. The Morgan fingerprint density at radius 3 is 2.86 bits per heavy atom. The first kappa shape index (κ1) is 16.4. The van der Waals surface area contributed by atoms with E-state index in [1.165, 1.54) is 25.8 Å². The van der Waals surface area contributed by atoms with Gasteiger partial charge in [-0.1, -0.05) is 32.4 Å². The van der Waals surface area contributed by atoms with Gasteiger partial charge < -0.3 is 10.2 Å². The van der Waals surface area contributed by atoms with Crippen molar-refractivity contribution in [3.05, 3.63) is 11.9 Å². The molecule has 1 aromatic heterocycles. The number of hydrogen-bond acceptors (Lipinski definition) is 4. The van der Waals surface area contributed by atoms with Gasteiger partial charge in [-0.25, -0.2) is 0 Å². The molecule has 0 spiro atoms. The fraction of sp³-hybridized carbons (Fsp3) is 0.875. The second-order valence-corrected chi connectivity index (χ2v) is 6.69. The summed E-state index contributed by atoms with van der Waals surface area (Å²) in [5.74, 6) is 1.61. The van der Waals surface area contributed by atoms with Crippen molar-refractivity contribution in [2.45, 2.75) is 53.1 Å². The maximum atomic E-state index is 4.24. The zero-order chi connectivity index (χ0) is 15.1. The highest BCUT2D eigenvalue weighted by molar-refractivity contribution is 4.91. The first-order chi connectivity index (χ1) is 10.2. The Bertz CT molecular complexity index is 397. The highest BCUT2D eigenvalue weighted by atomic mass is 15.4. The third-order valence-corrected chi connectivity index (χ3v) is 4.28. The van der Waals surface area contributed by atoms with Gasteiger partial charge >= 0.3 is 0 Å². The molecule has 1 saturated carbocycles. The predicted molar refractivity (Wildman–Crippen MR) is 86.0 cm³/mol. The van der Waals surface area contributed by atoms with Crippen molar-refractivity contribution < 1.29 is 0 Å². The largest absolute Gasteiger partial charge is 0.311 e. The molecule has 0 aromatic carbocycles. The summed E-state index contributed by atoms with van der Waals surface area (Å²) in [6.07, 6.45) is 6.35. The summed E-state index contributed by atoms with van der Waals surface area (Å²) in [4.78, 5) is 2.54. The molecule has 0 unspecified atom stereocenters. The van der Waals surface area contributed by atoms with E-state index in [1.54, 1.807) is 0 Å². The molecule has 0 atom stereocenters. The average molecular weight is 293 g/mol. The maximum absolute atomic E-state index is 4.24. The first-order valence-corrected chi connectivity index (χ1v) is 8.49. The number of rotatable bonds is 10. The Morgan fingerprint density at radius 1 is 1.43 bits per heavy atom. The summed E-state index contributed by atoms with van der Waals surface area (Å²) in [5, 5.41) is 11.9. The minimum Gasteiger partial charge on any atom is -0.311 e. The van der Waals surface area contributed by atoms with Gasteiger partial charge in [0.2, 0.25) is 0 Å². The van der Waals surface area contributed by atoms with E-state index in [9.17, 15) is 0 Å². The van der Waals surface area contributed by atoms with Crippen LogP contribution in [0.4, 0.5) is 0 Å². The van der Waals surface area contributed by atoms with Crippen LogP contribution in [-0.4, -0.2) is 46.1 Å². The molecule has 0 amide bonds. The van der Waals surface area contributed by atoms with Gasteiger partial charge in [0.1, 0.15) is 0 Å². The molecule has 1 aliphatic rings. The molecule has 1 heterocycles. The van der Waals surface area contributed by atoms with Gasteiger partial charge in [0.05, 0.1) is 12.2 Å². The lowest BCUT2D eigenvalue weighted by Gasteiger charge is -2.31. The summed E-state index contributed by atoms with van der Waals surface area (Å²) in [6, 6.07) is 0. The van der Waals surface area contributed by atoms with Gasteiger partial charge in [0.15, 0.2) is 0 Å². The van der Waals surface area contributed by atoms with Crippen molar-refractivity contribution in [2.75, 3.05) is 26.2 Å². The molecule has 21 heavy (non-hydrogen) atoms. The highest BCUT2D eigenvalue weighted by Crippen LogP contribution is 2.26. The van der Waals surface area contributed by atoms with Gasteiger partial charge in [0.25, 0.3) is 0 Å². The molecule has 0 aliphatic heterocycles. The monoisotopic (exact) mass is 293 g/mol. The van der Waals surface area contributed by atoms with Crippen molar-refractivity contribution in [2.24, 2.45) is 11.8 Å². The lowest BCUT2D eigenvalue weighted by molar-refractivity contribution is 0.177. The highest BCUT2D eigenvalue weighted by Gasteiger charge is 2.19. The van der Waals surface area contributed by atoms with Gasteiger partial charge in [-0.15, -0.1) is 5.10 Å². The van der Waals surface area contributed by atoms with Crippen LogP contribution in [0, 0.1) is 11.8 Å². The van der Waals surface area contributed by atoms with Crippen molar-refractivity contribution in [1.82, 2.24) is 25.2 Å². The smallest absolute Gasteiger partial charge is 0.0964 e. The standard InChI is InChI=1S/C16H31N5/c1-4-20(12-15-6-5-7-15)8-9-21-13-16(18-19-21)11-17-10-14(2)3/h13-15,17H,4-12H2,1-3H3. The van der Waals surface area contributed by atoms with Crippen LogP contribution in [0.3, 0.4) is 0 Å². The molecule has 1 fully saturated rings. The Labute approximate surface area is 129 Å². The van der Waals surface area contributed by atoms with Crippen LogP contribution in [-0.2, 0) is 13.1 Å². The van der Waals surface area contributed by atoms with E-state index in [0.717, 1.165) is 44.3 Å². The lowest BCUT2D eigenvalue weighted by Crippen LogP contribution is -2.34. The van der Waals surface area contributed by atoms with Gasteiger partial charge in [-0.05, 0) is 37.8 Å².